The summed E-state index contributed by atoms with van der Waals surface area (Å²) in [7, 11) is 0. The van der Waals surface area contributed by atoms with Crippen molar-refractivity contribution in [2.45, 2.75) is 0 Å². The second kappa shape index (κ2) is 63.9. The molecule has 0 unspecified atom stereocenters. The first-order chi connectivity index (χ1) is 2.00. The van der Waals surface area contributed by atoms with Crippen molar-refractivity contribution in [3.05, 3.63) is 0 Å². The molecule has 0 heterocycles. The third-order valence-corrected chi connectivity index (χ3v) is 0. The Bertz CT molecular complexity index is 6.85. The Morgan fingerprint density at radius 3 is 0.800 bits per heavy atom. The minimum atomic E-state index is 0. The summed E-state index contributed by atoms with van der Waals surface area (Å²) in [5.74, 6) is 0. The van der Waals surface area contributed by atoms with E-state index in [1.165, 1.54) is 32.4 Å². The normalized spacial score (nSPS) is 1.60. The molecule has 5 heavy (non-hydrogen) atoms. The summed E-state index contributed by atoms with van der Waals surface area (Å²) in [6.45, 7) is 0. The first-order valence-corrected chi connectivity index (χ1v) is 1.37. The van der Waals surface area contributed by atoms with E-state index in [-0.39, 0.29) is 17.4 Å². The maximum atomic E-state index is 8.12. The summed E-state index contributed by atoms with van der Waals surface area (Å²) in [6.07, 6.45) is 0. The van der Waals surface area contributed by atoms with E-state index in [1.807, 2.05) is 0 Å². The molecule has 0 aliphatic rings. The topological polar surface area (TPSA) is 34.1 Å². The van der Waals surface area contributed by atoms with Gasteiger partial charge in [0.05, 0.1) is 0 Å². The van der Waals surface area contributed by atoms with Gasteiger partial charge in [0, 0.05) is 17.4 Å². The van der Waals surface area contributed by atoms with Crippen LogP contribution < -0.4 is 0 Å². The van der Waals surface area contributed by atoms with Crippen LogP contribution in [0, 0.1) is 0 Å². The third kappa shape index (κ3) is 37.1. The van der Waals surface area contributed by atoms with Crippen molar-refractivity contribution in [2.75, 3.05) is 0 Å². The van der Waals surface area contributed by atoms with Gasteiger partial charge in [-0.25, -0.2) is 0 Å². The molecule has 0 aliphatic carbocycles. The summed E-state index contributed by atoms with van der Waals surface area (Å²) in [5.41, 5.74) is 0. The van der Waals surface area contributed by atoms with Gasteiger partial charge in [-0.1, -0.05) is 0 Å². The number of hydrogen-bond acceptors (Lipinski definition) is 2. The molecular weight excluding hydrogens is 188 g/mol. The number of hydrogen-bond donors (Lipinski definition) is 0. The van der Waals surface area contributed by atoms with Gasteiger partial charge < -0.3 is 0 Å². The van der Waals surface area contributed by atoms with Gasteiger partial charge in [0.1, 0.15) is 0 Å². The molecule has 0 radical (unpaired) electrons. The molecule has 5 heteroatoms. The molecule has 0 aromatic rings. The quantitative estimate of drug-likeness (QED) is 0.525. The molecule has 0 aliphatic heterocycles. The van der Waals surface area contributed by atoms with Crippen LogP contribution in [0.2, 0.25) is 0 Å². The standard InChI is InChI=1S/3Cr.2O. The Kier molecular flexibility index (Phi) is 209. The van der Waals surface area contributed by atoms with Gasteiger partial charge in [-0.2, -0.15) is 0 Å². The van der Waals surface area contributed by atoms with E-state index in [0.717, 1.165) is 0 Å². The van der Waals surface area contributed by atoms with Crippen molar-refractivity contribution in [2.24, 2.45) is 0 Å². The first-order valence-electron chi connectivity index (χ1n) is 0.333. The summed E-state index contributed by atoms with van der Waals surface area (Å²) in [6, 6.07) is 0. The van der Waals surface area contributed by atoms with Crippen LogP contribution in [0.25, 0.3) is 0 Å². The monoisotopic (exact) mass is 188 g/mol. The molecule has 0 rings (SSSR count). The van der Waals surface area contributed by atoms with E-state index in [4.69, 9.17) is 7.61 Å². The van der Waals surface area contributed by atoms with Gasteiger partial charge in [-0.05, 0) is 0 Å². The molecular formula is Cr3O2. The Hall–Kier alpha value is 1.20. The summed E-state index contributed by atoms with van der Waals surface area (Å²) in [5, 5.41) is 0. The molecule has 0 aromatic heterocycles. The average Bonchev–Trinajstić information content (AvgIpc) is 1.50. The van der Waals surface area contributed by atoms with E-state index >= 15 is 0 Å². The fraction of sp³-hybridized carbons (Fsp3) is 0. The molecule has 0 amide bonds. The maximum absolute atomic E-state index is 8.12. The Morgan fingerprint density at radius 2 is 0.800 bits per heavy atom. The molecule has 0 atom stereocenters. The molecule has 2 nitrogen and oxygen atoms in total. The molecule has 0 fully saturated rings. The van der Waals surface area contributed by atoms with Crippen molar-refractivity contribution in [1.82, 2.24) is 0 Å². The van der Waals surface area contributed by atoms with Crippen LogP contribution in [0.15, 0.2) is 0 Å². The zero-order valence-corrected chi connectivity index (χ0v) is 5.87. The second-order valence-electron chi connectivity index (χ2n) is 0. The zero-order chi connectivity index (χ0) is 4.00. The van der Waals surface area contributed by atoms with Gasteiger partial charge in [0.2, 0.25) is 0 Å². The van der Waals surface area contributed by atoms with Crippen LogP contribution >= 0.6 is 0 Å². The Balaban J connectivity index is -0.0000000133. The van der Waals surface area contributed by atoms with Crippen LogP contribution in [-0.4, -0.2) is 0 Å². The predicted molar refractivity (Wildman–Crippen MR) is 1.37 cm³/mol. The van der Waals surface area contributed by atoms with E-state index in [1.54, 1.807) is 0 Å². The van der Waals surface area contributed by atoms with Crippen LogP contribution in [-0.2, 0) is 57.4 Å². The number of rotatable bonds is 0. The van der Waals surface area contributed by atoms with Crippen LogP contribution in [0.4, 0.5) is 0 Å². The predicted octanol–water partition coefficient (Wildman–Crippen LogP) is -0.245. The molecule has 30 valence electrons. The van der Waals surface area contributed by atoms with Gasteiger partial charge >= 0.3 is 40.1 Å². The minimum absolute atomic E-state index is 0. The van der Waals surface area contributed by atoms with Crippen molar-refractivity contribution >= 4 is 0 Å². The van der Waals surface area contributed by atoms with Gasteiger partial charge in [-0.15, -0.1) is 0 Å². The molecule has 0 bridgehead atoms. The molecule has 0 saturated carbocycles. The summed E-state index contributed by atoms with van der Waals surface area (Å²) < 4.78 is 16.2. The van der Waals surface area contributed by atoms with Crippen LogP contribution in [0.5, 0.6) is 0 Å². The third-order valence-electron chi connectivity index (χ3n) is 0. The van der Waals surface area contributed by atoms with Crippen molar-refractivity contribution in [1.29, 1.82) is 0 Å². The second-order valence-corrected chi connectivity index (χ2v) is 0. The fourth-order valence-corrected chi connectivity index (χ4v) is 0. The zero-order valence-electron chi connectivity index (χ0n) is 2.04. The Morgan fingerprint density at radius 1 is 0.800 bits per heavy atom. The van der Waals surface area contributed by atoms with E-state index in [2.05, 4.69) is 0 Å². The molecule has 0 saturated heterocycles. The van der Waals surface area contributed by atoms with E-state index < -0.39 is 0 Å². The Labute approximate surface area is 57.3 Å². The molecule has 0 N–H and O–H groups in total. The van der Waals surface area contributed by atoms with Crippen molar-refractivity contribution < 1.29 is 57.4 Å². The van der Waals surface area contributed by atoms with Crippen molar-refractivity contribution in [3.63, 3.8) is 0 Å². The van der Waals surface area contributed by atoms with Crippen LogP contribution in [0.3, 0.4) is 0 Å². The van der Waals surface area contributed by atoms with Crippen molar-refractivity contribution in [3.8, 4) is 0 Å². The fourth-order valence-electron chi connectivity index (χ4n) is 0. The first kappa shape index (κ1) is 16.4. The SMILES string of the molecule is [Cr].[O]=[Cr].[O]=[Cr]. The molecule has 0 spiro atoms. The van der Waals surface area contributed by atoms with E-state index in [9.17, 15) is 0 Å². The van der Waals surface area contributed by atoms with Gasteiger partial charge in [0.25, 0.3) is 0 Å². The van der Waals surface area contributed by atoms with Gasteiger partial charge in [0.15, 0.2) is 0 Å². The van der Waals surface area contributed by atoms with Crippen LogP contribution in [0.1, 0.15) is 0 Å². The van der Waals surface area contributed by atoms with E-state index in [0.29, 0.717) is 0 Å². The summed E-state index contributed by atoms with van der Waals surface area (Å²) >= 11 is 2.75. The summed E-state index contributed by atoms with van der Waals surface area (Å²) in [4.78, 5) is 0. The molecule has 0 aromatic carbocycles. The van der Waals surface area contributed by atoms with Gasteiger partial charge in [-0.3, -0.25) is 0 Å². The average molecular weight is 188 g/mol.